The maximum atomic E-state index is 4.39. The van der Waals surface area contributed by atoms with Crippen molar-refractivity contribution in [3.8, 4) is 0 Å². The van der Waals surface area contributed by atoms with Crippen molar-refractivity contribution < 1.29 is 0 Å². The molecule has 0 amide bonds. The molecule has 1 unspecified atom stereocenters. The number of aromatic nitrogens is 3. The van der Waals surface area contributed by atoms with Gasteiger partial charge in [-0.2, -0.15) is 0 Å². The third-order valence-corrected chi connectivity index (χ3v) is 5.99. The summed E-state index contributed by atoms with van der Waals surface area (Å²) < 4.78 is 2.26. The molecule has 0 aliphatic heterocycles. The van der Waals surface area contributed by atoms with Crippen LogP contribution in [0.1, 0.15) is 42.8 Å². The highest BCUT2D eigenvalue weighted by Gasteiger charge is 2.12. The Hall–Kier alpha value is -0.810. The lowest BCUT2D eigenvalue weighted by molar-refractivity contribution is 0.477. The van der Waals surface area contributed by atoms with E-state index in [1.165, 1.54) is 9.75 Å². The van der Waals surface area contributed by atoms with Crippen LogP contribution in [0.4, 0.5) is 0 Å². The molecule has 0 radical (unpaired) electrons. The van der Waals surface area contributed by atoms with E-state index in [0.717, 1.165) is 49.3 Å². The van der Waals surface area contributed by atoms with Gasteiger partial charge in [-0.1, -0.05) is 25.6 Å². The Bertz CT molecular complexity index is 756. The van der Waals surface area contributed by atoms with Crippen LogP contribution >= 0.6 is 47.1 Å². The van der Waals surface area contributed by atoms with Crippen molar-refractivity contribution in [3.63, 3.8) is 0 Å². The fraction of sp³-hybridized carbons (Fsp3) is 0.650. The summed E-state index contributed by atoms with van der Waals surface area (Å²) in [5.41, 5.74) is 0. The number of hydrogen-bond donors (Lipinski definition) is 2. The average Bonchev–Trinajstić information content (AvgIpc) is 3.22. The van der Waals surface area contributed by atoms with Crippen molar-refractivity contribution in [2.75, 3.05) is 19.8 Å². The van der Waals surface area contributed by atoms with Crippen molar-refractivity contribution in [1.29, 1.82) is 0 Å². The molecule has 164 valence electrons. The molecule has 0 spiro atoms. The lowest BCUT2D eigenvalue weighted by Gasteiger charge is -2.17. The summed E-state index contributed by atoms with van der Waals surface area (Å²) >= 11 is 3.52. The van der Waals surface area contributed by atoms with Gasteiger partial charge < -0.3 is 15.2 Å². The van der Waals surface area contributed by atoms with Crippen LogP contribution < -0.4 is 10.6 Å². The number of thiophene rings is 1. The predicted molar refractivity (Wildman–Crippen MR) is 137 cm³/mol. The summed E-state index contributed by atoms with van der Waals surface area (Å²) in [6, 6.07) is 4.73. The van der Waals surface area contributed by atoms with Gasteiger partial charge in [-0.25, -0.2) is 0 Å². The third-order valence-electron chi connectivity index (χ3n) is 4.30. The second-order valence-electron chi connectivity index (χ2n) is 7.47. The molecule has 0 aliphatic rings. The van der Waals surface area contributed by atoms with Gasteiger partial charge in [0, 0.05) is 48.8 Å². The Morgan fingerprint density at radius 2 is 2.03 bits per heavy atom. The summed E-state index contributed by atoms with van der Waals surface area (Å²) in [5, 5.41) is 16.6. The number of thioether (sulfide) groups is 1. The minimum Gasteiger partial charge on any atom is -0.356 e. The molecule has 2 N–H and O–H groups in total. The van der Waals surface area contributed by atoms with Crippen LogP contribution in [0, 0.1) is 12.8 Å². The summed E-state index contributed by atoms with van der Waals surface area (Å²) in [5.74, 6) is 2.51. The third kappa shape index (κ3) is 8.84. The second kappa shape index (κ2) is 13.5. The van der Waals surface area contributed by atoms with Crippen LogP contribution in [0.5, 0.6) is 0 Å². The smallest absolute Gasteiger partial charge is 0.191 e. The monoisotopic (exact) mass is 550 g/mol. The van der Waals surface area contributed by atoms with Gasteiger partial charge in [-0.3, -0.25) is 4.99 Å². The van der Waals surface area contributed by atoms with Gasteiger partial charge in [0.05, 0.1) is 0 Å². The Balaban J connectivity index is 0.00000420. The highest BCUT2D eigenvalue weighted by atomic mass is 127. The number of hydrogen-bond acceptors (Lipinski definition) is 5. The predicted octanol–water partition coefficient (Wildman–Crippen LogP) is 4.37. The van der Waals surface area contributed by atoms with Crippen LogP contribution in [-0.4, -0.2) is 46.6 Å². The zero-order valence-electron chi connectivity index (χ0n) is 18.4. The van der Waals surface area contributed by atoms with E-state index in [2.05, 4.69) is 76.5 Å². The largest absolute Gasteiger partial charge is 0.356 e. The van der Waals surface area contributed by atoms with Crippen LogP contribution in [-0.2, 0) is 19.4 Å². The zero-order chi connectivity index (χ0) is 20.5. The molecular formula is C20H35IN6S2. The van der Waals surface area contributed by atoms with Gasteiger partial charge in [0.2, 0.25) is 0 Å². The summed E-state index contributed by atoms with van der Waals surface area (Å²) in [6.45, 7) is 10.6. The fourth-order valence-electron chi connectivity index (χ4n) is 3.03. The quantitative estimate of drug-likeness (QED) is 0.151. The van der Waals surface area contributed by atoms with Gasteiger partial charge in [0.1, 0.15) is 5.82 Å². The Morgan fingerprint density at radius 1 is 1.28 bits per heavy atom. The molecule has 0 fully saturated rings. The SMILES string of the molecule is CN=C(NCCCc1nnc(SC)n1CC(C)C)NC(C)Cc1ccc(C)s1.I. The number of aliphatic imine (C=N–C) groups is 1. The molecule has 6 nitrogen and oxygen atoms in total. The van der Waals surface area contributed by atoms with E-state index >= 15 is 0 Å². The van der Waals surface area contributed by atoms with Crippen molar-refractivity contribution >= 4 is 53.0 Å². The Kier molecular flexibility index (Phi) is 12.2. The van der Waals surface area contributed by atoms with Crippen molar-refractivity contribution in [3.05, 3.63) is 27.7 Å². The maximum Gasteiger partial charge on any atom is 0.191 e. The minimum absolute atomic E-state index is 0. The van der Waals surface area contributed by atoms with Gasteiger partial charge in [0.25, 0.3) is 0 Å². The van der Waals surface area contributed by atoms with E-state index in [1.807, 2.05) is 18.4 Å². The molecule has 0 saturated heterocycles. The molecule has 2 heterocycles. The molecule has 2 aromatic rings. The van der Waals surface area contributed by atoms with E-state index in [1.54, 1.807) is 11.8 Å². The first-order valence-electron chi connectivity index (χ1n) is 9.91. The van der Waals surface area contributed by atoms with Crippen molar-refractivity contribution in [2.24, 2.45) is 10.9 Å². The first-order valence-corrected chi connectivity index (χ1v) is 12.0. The summed E-state index contributed by atoms with van der Waals surface area (Å²) in [7, 11) is 1.82. The highest BCUT2D eigenvalue weighted by molar-refractivity contribution is 14.0. The van der Waals surface area contributed by atoms with E-state index in [9.17, 15) is 0 Å². The average molecular weight is 551 g/mol. The van der Waals surface area contributed by atoms with Crippen LogP contribution in [0.3, 0.4) is 0 Å². The standard InChI is InChI=1S/C20H34N6S2.HI/c1-14(2)13-26-18(24-25-20(26)27-6)8-7-11-22-19(21-5)23-15(3)12-17-10-9-16(4)28-17;/h9-10,14-15H,7-8,11-13H2,1-6H3,(H2,21,22,23);1H. The van der Waals surface area contributed by atoms with Crippen LogP contribution in [0.2, 0.25) is 0 Å². The maximum absolute atomic E-state index is 4.39. The fourth-order valence-corrected chi connectivity index (χ4v) is 4.57. The van der Waals surface area contributed by atoms with Gasteiger partial charge in [-0.05, 0) is 44.6 Å². The number of guanidine groups is 1. The zero-order valence-corrected chi connectivity index (χ0v) is 22.3. The van der Waals surface area contributed by atoms with E-state index in [0.29, 0.717) is 12.0 Å². The topological polar surface area (TPSA) is 67.1 Å². The van der Waals surface area contributed by atoms with E-state index in [-0.39, 0.29) is 24.0 Å². The lowest BCUT2D eigenvalue weighted by atomic mass is 10.2. The van der Waals surface area contributed by atoms with Gasteiger partial charge >= 0.3 is 0 Å². The summed E-state index contributed by atoms with van der Waals surface area (Å²) in [4.78, 5) is 7.12. The molecule has 0 aliphatic carbocycles. The number of rotatable bonds is 10. The minimum atomic E-state index is 0. The second-order valence-corrected chi connectivity index (χ2v) is 9.62. The lowest BCUT2D eigenvalue weighted by Crippen LogP contribution is -2.43. The number of aryl methyl sites for hydroxylation is 2. The molecule has 29 heavy (non-hydrogen) atoms. The van der Waals surface area contributed by atoms with Gasteiger partial charge in [-0.15, -0.1) is 45.5 Å². The molecule has 1 atom stereocenters. The first-order chi connectivity index (χ1) is 13.4. The van der Waals surface area contributed by atoms with Crippen LogP contribution in [0.25, 0.3) is 0 Å². The molecule has 9 heteroatoms. The molecule has 0 aromatic carbocycles. The Morgan fingerprint density at radius 3 is 2.62 bits per heavy atom. The highest BCUT2D eigenvalue weighted by Crippen LogP contribution is 2.17. The molecule has 0 saturated carbocycles. The number of halogens is 1. The van der Waals surface area contributed by atoms with Crippen LogP contribution in [0.15, 0.2) is 22.3 Å². The first kappa shape index (κ1) is 26.2. The van der Waals surface area contributed by atoms with Crippen molar-refractivity contribution in [1.82, 2.24) is 25.4 Å². The normalized spacial score (nSPS) is 12.7. The van der Waals surface area contributed by atoms with E-state index < -0.39 is 0 Å². The Labute approximate surface area is 200 Å². The number of nitrogens with one attached hydrogen (secondary N) is 2. The number of nitrogens with zero attached hydrogens (tertiary/aromatic N) is 4. The molecule has 2 aromatic heterocycles. The van der Waals surface area contributed by atoms with Crippen molar-refractivity contribution in [2.45, 2.75) is 64.7 Å². The van der Waals surface area contributed by atoms with E-state index in [4.69, 9.17) is 0 Å². The molecule has 0 bridgehead atoms. The molecule has 2 rings (SSSR count). The van der Waals surface area contributed by atoms with Gasteiger partial charge in [0.15, 0.2) is 11.1 Å². The summed E-state index contributed by atoms with van der Waals surface area (Å²) in [6.07, 6.45) is 4.97. The molecular weight excluding hydrogens is 515 g/mol.